The van der Waals surface area contributed by atoms with Gasteiger partial charge in [-0.15, -0.1) is 11.3 Å². The van der Waals surface area contributed by atoms with Gasteiger partial charge in [-0.2, -0.15) is 18.3 Å². The van der Waals surface area contributed by atoms with E-state index in [4.69, 9.17) is 16.3 Å². The molecule has 3 amide bonds. The molecule has 0 bridgehead atoms. The van der Waals surface area contributed by atoms with Gasteiger partial charge in [-0.05, 0) is 53.4 Å². The predicted molar refractivity (Wildman–Crippen MR) is 140 cm³/mol. The normalized spacial score (nSPS) is 15.3. The Balaban J connectivity index is 1.53. The van der Waals surface area contributed by atoms with Crippen LogP contribution in [0.2, 0.25) is 5.02 Å². The zero-order valence-corrected chi connectivity index (χ0v) is 21.8. The second-order valence-electron chi connectivity index (χ2n) is 8.45. The molecule has 0 saturated carbocycles. The summed E-state index contributed by atoms with van der Waals surface area (Å²) in [7, 11) is 1.46. The van der Waals surface area contributed by atoms with Crippen LogP contribution in [-0.4, -0.2) is 54.4 Å². The number of hydrazone groups is 1. The van der Waals surface area contributed by atoms with Crippen LogP contribution in [0.25, 0.3) is 0 Å². The number of hydrogen-bond acceptors (Lipinski definition) is 5. The minimum Gasteiger partial charge on any atom is -0.383 e. The predicted octanol–water partition coefficient (Wildman–Crippen LogP) is 6.28. The highest BCUT2D eigenvalue weighted by atomic mass is 35.5. The number of carbonyl (C=O) groups is 2. The molecule has 1 aliphatic heterocycles. The van der Waals surface area contributed by atoms with Crippen LogP contribution in [0.5, 0.6) is 0 Å². The lowest BCUT2D eigenvalue weighted by Crippen LogP contribution is -2.44. The van der Waals surface area contributed by atoms with Crippen molar-refractivity contribution in [2.45, 2.75) is 18.6 Å². The summed E-state index contributed by atoms with van der Waals surface area (Å²) in [5.74, 6) is -0.421. The topological polar surface area (TPSA) is 74.2 Å². The average molecular weight is 565 g/mol. The highest BCUT2D eigenvalue weighted by Gasteiger charge is 2.35. The minimum absolute atomic E-state index is 0.0790. The van der Waals surface area contributed by atoms with Gasteiger partial charge in [0, 0.05) is 30.8 Å². The first-order valence-electron chi connectivity index (χ1n) is 11.6. The van der Waals surface area contributed by atoms with Crippen LogP contribution in [0.3, 0.4) is 0 Å². The maximum atomic E-state index is 13.5. The Morgan fingerprint density at radius 1 is 1.16 bits per heavy atom. The summed E-state index contributed by atoms with van der Waals surface area (Å²) in [6, 6.07) is 14.0. The summed E-state index contributed by atoms with van der Waals surface area (Å²) in [4.78, 5) is 28.7. The second kappa shape index (κ2) is 12.0. The zero-order valence-electron chi connectivity index (χ0n) is 20.2. The number of nitrogens with zero attached hydrogens (tertiary/aromatic N) is 3. The van der Waals surface area contributed by atoms with Crippen molar-refractivity contribution in [2.24, 2.45) is 5.10 Å². The van der Waals surface area contributed by atoms with Crippen molar-refractivity contribution in [3.05, 3.63) is 87.1 Å². The minimum atomic E-state index is -4.49. The Morgan fingerprint density at radius 3 is 2.47 bits per heavy atom. The number of nitrogens with one attached hydrogen (secondary N) is 1. The maximum absolute atomic E-state index is 13.5. The first-order valence-corrected chi connectivity index (χ1v) is 12.8. The van der Waals surface area contributed by atoms with Crippen molar-refractivity contribution < 1.29 is 27.5 Å². The smallest absolute Gasteiger partial charge is 0.383 e. The van der Waals surface area contributed by atoms with Gasteiger partial charge in [0.15, 0.2) is 0 Å². The van der Waals surface area contributed by atoms with Gasteiger partial charge in [-0.25, -0.2) is 9.80 Å². The Bertz CT molecular complexity index is 1280. The first-order chi connectivity index (χ1) is 18.2. The summed E-state index contributed by atoms with van der Waals surface area (Å²) in [5, 5.41) is 11.0. The summed E-state index contributed by atoms with van der Waals surface area (Å²) < 4.78 is 43.7. The molecule has 0 saturated heterocycles. The van der Waals surface area contributed by atoms with Gasteiger partial charge in [0.2, 0.25) is 0 Å². The molecule has 0 aliphatic carbocycles. The number of benzene rings is 2. The van der Waals surface area contributed by atoms with Crippen LogP contribution < -0.4 is 5.32 Å². The molecule has 200 valence electrons. The van der Waals surface area contributed by atoms with Crippen LogP contribution in [0.15, 0.2) is 71.1 Å². The van der Waals surface area contributed by atoms with Crippen molar-refractivity contribution in [3.8, 4) is 0 Å². The number of urea groups is 1. The molecule has 1 atom stereocenters. The summed E-state index contributed by atoms with van der Waals surface area (Å²) in [6.45, 7) is -0.0885. The molecule has 2 heterocycles. The van der Waals surface area contributed by atoms with Crippen LogP contribution in [0, 0.1) is 0 Å². The molecular weight excluding hydrogens is 541 g/mol. The molecule has 0 unspecified atom stereocenters. The number of ether oxygens (including phenoxy) is 1. The molecule has 1 aromatic heterocycles. The van der Waals surface area contributed by atoms with Gasteiger partial charge in [-0.3, -0.25) is 4.79 Å². The largest absolute Gasteiger partial charge is 0.416 e. The highest BCUT2D eigenvalue weighted by Crippen LogP contribution is 2.34. The van der Waals surface area contributed by atoms with Crippen LogP contribution in [-0.2, 0) is 15.7 Å². The fourth-order valence-electron chi connectivity index (χ4n) is 3.91. The van der Waals surface area contributed by atoms with E-state index in [1.807, 2.05) is 29.6 Å². The first kappa shape index (κ1) is 27.6. The van der Waals surface area contributed by atoms with E-state index in [1.54, 1.807) is 12.1 Å². The third-order valence-electron chi connectivity index (χ3n) is 5.87. The highest BCUT2D eigenvalue weighted by molar-refractivity contribution is 7.12. The van der Waals surface area contributed by atoms with Crippen LogP contribution >= 0.6 is 22.9 Å². The Kier molecular flexibility index (Phi) is 8.70. The van der Waals surface area contributed by atoms with E-state index in [1.165, 1.54) is 28.4 Å². The van der Waals surface area contributed by atoms with E-state index >= 15 is 0 Å². The van der Waals surface area contributed by atoms with Gasteiger partial charge in [0.05, 0.1) is 28.8 Å². The van der Waals surface area contributed by atoms with Gasteiger partial charge < -0.3 is 15.0 Å². The number of alkyl halides is 3. The SMILES string of the molecule is COCCN(CC(=O)N1N=C(c2cccs2)C[C@H]1c1ccc(Cl)cc1)C(=O)Nc1ccc(C(F)(F)F)cc1. The Hall–Kier alpha value is -3.41. The lowest BCUT2D eigenvalue weighted by atomic mass is 10.0. The van der Waals surface area contributed by atoms with Gasteiger partial charge in [0.25, 0.3) is 5.91 Å². The quantitative estimate of drug-likeness (QED) is 0.350. The van der Waals surface area contributed by atoms with Gasteiger partial charge in [0.1, 0.15) is 6.54 Å². The number of methoxy groups -OCH3 is 1. The average Bonchev–Trinajstić information content (AvgIpc) is 3.57. The molecule has 3 aromatic rings. The van der Waals surface area contributed by atoms with Gasteiger partial charge >= 0.3 is 12.2 Å². The van der Waals surface area contributed by atoms with E-state index in [0.29, 0.717) is 11.4 Å². The van der Waals surface area contributed by atoms with Crippen LogP contribution in [0.4, 0.5) is 23.7 Å². The molecule has 0 radical (unpaired) electrons. The van der Waals surface area contributed by atoms with E-state index in [2.05, 4.69) is 10.4 Å². The van der Waals surface area contributed by atoms with Crippen molar-refractivity contribution in [1.29, 1.82) is 0 Å². The molecule has 0 fully saturated rings. The number of rotatable bonds is 8. The summed E-state index contributed by atoms with van der Waals surface area (Å²) >= 11 is 7.57. The third kappa shape index (κ3) is 6.72. The third-order valence-corrected chi connectivity index (χ3v) is 7.04. The Morgan fingerprint density at radius 2 is 1.87 bits per heavy atom. The van der Waals surface area contributed by atoms with Crippen LogP contribution in [0.1, 0.15) is 28.5 Å². The molecule has 2 aromatic carbocycles. The van der Waals surface area contributed by atoms with E-state index < -0.39 is 23.7 Å². The number of halogens is 4. The molecule has 1 aliphatic rings. The fraction of sp³-hybridized carbons (Fsp3) is 0.269. The number of amides is 3. The molecule has 0 spiro atoms. The number of thiophene rings is 1. The lowest BCUT2D eigenvalue weighted by Gasteiger charge is -2.27. The number of carbonyl (C=O) groups excluding carboxylic acids is 2. The number of anilines is 1. The lowest BCUT2D eigenvalue weighted by molar-refractivity contribution is -0.137. The Labute approximate surface area is 226 Å². The molecular formula is C26H24ClF3N4O3S. The molecule has 1 N–H and O–H groups in total. The molecule has 7 nitrogen and oxygen atoms in total. The molecule has 12 heteroatoms. The van der Waals surface area contributed by atoms with Crippen molar-refractivity contribution in [1.82, 2.24) is 9.91 Å². The zero-order chi connectivity index (χ0) is 27.3. The molecule has 38 heavy (non-hydrogen) atoms. The maximum Gasteiger partial charge on any atom is 0.416 e. The van der Waals surface area contributed by atoms with E-state index in [-0.39, 0.29) is 31.4 Å². The summed E-state index contributed by atoms with van der Waals surface area (Å²) in [6.07, 6.45) is -4.00. The fourth-order valence-corrected chi connectivity index (χ4v) is 4.76. The van der Waals surface area contributed by atoms with E-state index in [0.717, 1.165) is 40.4 Å². The van der Waals surface area contributed by atoms with Crippen molar-refractivity contribution >= 4 is 46.3 Å². The van der Waals surface area contributed by atoms with Gasteiger partial charge in [-0.1, -0.05) is 29.8 Å². The van der Waals surface area contributed by atoms with Crippen molar-refractivity contribution in [3.63, 3.8) is 0 Å². The standard InChI is InChI=1S/C26H24ClF3N4O3S/c1-37-13-12-33(25(36)31-20-10-6-18(7-11-20)26(28,29)30)16-24(35)34-22(17-4-8-19(27)9-5-17)15-21(32-34)23-3-2-14-38-23/h2-11,14,22H,12-13,15-16H2,1H3,(H,31,36)/t22-/m0/s1. The second-order valence-corrected chi connectivity index (χ2v) is 9.84. The monoisotopic (exact) mass is 564 g/mol. The van der Waals surface area contributed by atoms with E-state index in [9.17, 15) is 22.8 Å². The summed E-state index contributed by atoms with van der Waals surface area (Å²) in [5.41, 5.74) is 0.932. The van der Waals surface area contributed by atoms with Crippen molar-refractivity contribution in [2.75, 3.05) is 32.1 Å². The molecule has 4 rings (SSSR count). The number of hydrogen-bond donors (Lipinski definition) is 1.